The number of hydrogen-bond donors (Lipinski definition) is 2. The molecule has 2 aromatic rings. The highest BCUT2D eigenvalue weighted by Gasteiger charge is 2.16. The zero-order valence-corrected chi connectivity index (χ0v) is 12.3. The van der Waals surface area contributed by atoms with E-state index < -0.39 is 0 Å². The summed E-state index contributed by atoms with van der Waals surface area (Å²) in [6.07, 6.45) is 3.70. The van der Waals surface area contributed by atoms with E-state index in [1.165, 1.54) is 19.3 Å². The molecular weight excluding hydrogens is 272 g/mol. The number of anilines is 4. The molecule has 0 spiro atoms. The average Bonchev–Trinajstić information content (AvgIpc) is 3.00. The van der Waals surface area contributed by atoms with Crippen molar-refractivity contribution < 1.29 is 0 Å². The topological polar surface area (TPSA) is 66.0 Å². The Balaban J connectivity index is 1.85. The molecular formula is C13H18N6S. The van der Waals surface area contributed by atoms with Gasteiger partial charge in [0, 0.05) is 25.5 Å². The highest BCUT2D eigenvalue weighted by Crippen LogP contribution is 2.21. The van der Waals surface area contributed by atoms with E-state index in [0.717, 1.165) is 24.7 Å². The number of thiophene rings is 1. The normalized spacial score (nSPS) is 15.2. The molecule has 1 aliphatic rings. The Morgan fingerprint density at radius 2 is 1.90 bits per heavy atom. The lowest BCUT2D eigenvalue weighted by Gasteiger charge is -2.26. The molecule has 2 aromatic heterocycles. The number of piperidine rings is 1. The van der Waals surface area contributed by atoms with E-state index in [1.54, 1.807) is 11.3 Å². The van der Waals surface area contributed by atoms with Crippen LogP contribution in [0.15, 0.2) is 16.8 Å². The largest absolute Gasteiger partial charge is 0.357 e. The molecule has 7 heteroatoms. The minimum atomic E-state index is 0.586. The van der Waals surface area contributed by atoms with Gasteiger partial charge in [-0.15, -0.1) is 0 Å². The molecule has 20 heavy (non-hydrogen) atoms. The summed E-state index contributed by atoms with van der Waals surface area (Å²) in [6.45, 7) is 2.04. The van der Waals surface area contributed by atoms with Gasteiger partial charge in [-0.1, -0.05) is 0 Å². The van der Waals surface area contributed by atoms with Crippen molar-refractivity contribution in [1.29, 1.82) is 0 Å². The lowest BCUT2D eigenvalue weighted by molar-refractivity contribution is 0.568. The molecule has 0 atom stereocenters. The molecule has 0 unspecified atom stereocenters. The van der Waals surface area contributed by atoms with Crippen LogP contribution in [0.4, 0.5) is 23.5 Å². The number of nitrogens with zero attached hydrogens (tertiary/aromatic N) is 4. The van der Waals surface area contributed by atoms with Gasteiger partial charge in [0.05, 0.1) is 5.69 Å². The highest BCUT2D eigenvalue weighted by atomic mass is 32.1. The van der Waals surface area contributed by atoms with Gasteiger partial charge in [-0.3, -0.25) is 0 Å². The fourth-order valence-corrected chi connectivity index (χ4v) is 2.82. The second kappa shape index (κ2) is 6.04. The summed E-state index contributed by atoms with van der Waals surface area (Å²) in [5, 5.41) is 10.3. The van der Waals surface area contributed by atoms with Crippen molar-refractivity contribution in [3.8, 4) is 0 Å². The predicted octanol–water partition coefficient (Wildman–Crippen LogP) is 2.71. The molecule has 0 aromatic carbocycles. The highest BCUT2D eigenvalue weighted by molar-refractivity contribution is 7.08. The van der Waals surface area contributed by atoms with Gasteiger partial charge in [-0.25, -0.2) is 0 Å². The van der Waals surface area contributed by atoms with E-state index in [1.807, 2.05) is 23.9 Å². The van der Waals surface area contributed by atoms with Crippen molar-refractivity contribution in [2.45, 2.75) is 19.3 Å². The van der Waals surface area contributed by atoms with Gasteiger partial charge in [-0.05, 0) is 30.7 Å². The molecule has 3 rings (SSSR count). The summed E-state index contributed by atoms with van der Waals surface area (Å²) in [5.41, 5.74) is 1.01. The average molecular weight is 290 g/mol. The van der Waals surface area contributed by atoms with Crippen molar-refractivity contribution in [2.24, 2.45) is 0 Å². The molecule has 0 bridgehead atoms. The molecule has 106 valence electrons. The first kappa shape index (κ1) is 13.1. The molecule has 0 radical (unpaired) electrons. The van der Waals surface area contributed by atoms with Crippen molar-refractivity contribution in [2.75, 3.05) is 35.7 Å². The van der Waals surface area contributed by atoms with E-state index in [4.69, 9.17) is 0 Å². The number of nitrogens with one attached hydrogen (secondary N) is 2. The summed E-state index contributed by atoms with van der Waals surface area (Å²) in [4.78, 5) is 15.6. The second-order valence-electron chi connectivity index (χ2n) is 4.72. The molecule has 1 fully saturated rings. The lowest BCUT2D eigenvalue weighted by Crippen LogP contribution is -2.31. The van der Waals surface area contributed by atoms with Crippen LogP contribution >= 0.6 is 11.3 Å². The van der Waals surface area contributed by atoms with E-state index in [2.05, 4.69) is 30.5 Å². The minimum Gasteiger partial charge on any atom is -0.357 e. The zero-order chi connectivity index (χ0) is 13.8. The van der Waals surface area contributed by atoms with Crippen LogP contribution in [0.2, 0.25) is 0 Å². The summed E-state index contributed by atoms with van der Waals surface area (Å²) >= 11 is 1.64. The van der Waals surface area contributed by atoms with Crippen LogP contribution in [0.25, 0.3) is 0 Å². The Morgan fingerprint density at radius 3 is 2.60 bits per heavy atom. The molecule has 1 aliphatic heterocycles. The summed E-state index contributed by atoms with van der Waals surface area (Å²) in [5.74, 6) is 1.93. The van der Waals surface area contributed by atoms with E-state index >= 15 is 0 Å². The second-order valence-corrected chi connectivity index (χ2v) is 5.50. The summed E-state index contributed by atoms with van der Waals surface area (Å²) < 4.78 is 0. The monoisotopic (exact) mass is 290 g/mol. The van der Waals surface area contributed by atoms with Gasteiger partial charge in [0.2, 0.25) is 17.8 Å². The maximum atomic E-state index is 4.54. The summed E-state index contributed by atoms with van der Waals surface area (Å²) in [6, 6.07) is 2.01. The number of aromatic nitrogens is 3. The predicted molar refractivity (Wildman–Crippen MR) is 83.0 cm³/mol. The van der Waals surface area contributed by atoms with E-state index in [-0.39, 0.29) is 0 Å². The quantitative estimate of drug-likeness (QED) is 0.902. The Hall–Kier alpha value is -1.89. The van der Waals surface area contributed by atoms with E-state index in [9.17, 15) is 0 Å². The van der Waals surface area contributed by atoms with Gasteiger partial charge in [-0.2, -0.15) is 26.3 Å². The zero-order valence-electron chi connectivity index (χ0n) is 11.5. The fraction of sp³-hybridized carbons (Fsp3) is 0.462. The van der Waals surface area contributed by atoms with E-state index in [0.29, 0.717) is 11.9 Å². The fourth-order valence-electron chi connectivity index (χ4n) is 2.23. The van der Waals surface area contributed by atoms with Crippen LogP contribution in [0.5, 0.6) is 0 Å². The first-order valence-electron chi connectivity index (χ1n) is 6.83. The molecule has 0 amide bonds. The van der Waals surface area contributed by atoms with Gasteiger partial charge in [0.15, 0.2) is 0 Å². The minimum absolute atomic E-state index is 0.586. The van der Waals surface area contributed by atoms with Crippen LogP contribution in [0.3, 0.4) is 0 Å². The smallest absolute Gasteiger partial charge is 0.233 e. The van der Waals surface area contributed by atoms with Gasteiger partial charge in [0.25, 0.3) is 0 Å². The van der Waals surface area contributed by atoms with Crippen LogP contribution in [0.1, 0.15) is 19.3 Å². The first-order valence-corrected chi connectivity index (χ1v) is 7.77. The van der Waals surface area contributed by atoms with Gasteiger partial charge >= 0.3 is 0 Å². The van der Waals surface area contributed by atoms with Gasteiger partial charge < -0.3 is 15.5 Å². The lowest BCUT2D eigenvalue weighted by atomic mass is 10.1. The molecule has 2 N–H and O–H groups in total. The van der Waals surface area contributed by atoms with Gasteiger partial charge in [0.1, 0.15) is 0 Å². The van der Waals surface area contributed by atoms with Crippen LogP contribution in [0, 0.1) is 0 Å². The SMILES string of the molecule is CNc1nc(Nc2ccsc2)nc(N2CCCCC2)n1. The Bertz CT molecular complexity index is 550. The Kier molecular flexibility index (Phi) is 3.96. The maximum Gasteiger partial charge on any atom is 0.233 e. The summed E-state index contributed by atoms with van der Waals surface area (Å²) in [7, 11) is 1.82. The third kappa shape index (κ3) is 2.98. The molecule has 3 heterocycles. The van der Waals surface area contributed by atoms with Crippen molar-refractivity contribution in [3.05, 3.63) is 16.8 Å². The molecule has 1 saturated heterocycles. The maximum absolute atomic E-state index is 4.54. The first-order chi connectivity index (χ1) is 9.85. The molecule has 0 aliphatic carbocycles. The standard InChI is InChI=1S/C13H18N6S/c1-14-11-16-12(15-10-5-8-20-9-10)18-13(17-11)19-6-3-2-4-7-19/h5,8-9H,2-4,6-7H2,1H3,(H2,14,15,16,17,18). The number of rotatable bonds is 4. The van der Waals surface area contributed by atoms with Crippen molar-refractivity contribution >= 4 is 34.9 Å². The Morgan fingerprint density at radius 1 is 1.10 bits per heavy atom. The number of hydrogen-bond acceptors (Lipinski definition) is 7. The molecule has 6 nitrogen and oxygen atoms in total. The van der Waals surface area contributed by atoms with Crippen LogP contribution in [-0.4, -0.2) is 35.1 Å². The van der Waals surface area contributed by atoms with Crippen molar-refractivity contribution in [1.82, 2.24) is 15.0 Å². The van der Waals surface area contributed by atoms with Crippen LogP contribution in [-0.2, 0) is 0 Å². The van der Waals surface area contributed by atoms with Crippen LogP contribution < -0.4 is 15.5 Å². The third-order valence-corrected chi connectivity index (χ3v) is 3.95. The third-order valence-electron chi connectivity index (χ3n) is 3.26. The molecule has 0 saturated carbocycles. The van der Waals surface area contributed by atoms with Crippen molar-refractivity contribution in [3.63, 3.8) is 0 Å². The Labute approximate surface area is 122 Å².